The summed E-state index contributed by atoms with van der Waals surface area (Å²) in [6.45, 7) is 4.25. The van der Waals surface area contributed by atoms with Gasteiger partial charge in [0.15, 0.2) is 15.0 Å². The lowest BCUT2D eigenvalue weighted by Gasteiger charge is -2.09. The summed E-state index contributed by atoms with van der Waals surface area (Å²) >= 11 is 7.28. The molecule has 0 aliphatic rings. The zero-order valence-electron chi connectivity index (χ0n) is 16.5. The van der Waals surface area contributed by atoms with E-state index in [1.54, 1.807) is 47.0 Å². The summed E-state index contributed by atoms with van der Waals surface area (Å²) in [7, 11) is -3.54. The van der Waals surface area contributed by atoms with E-state index in [4.69, 9.17) is 11.6 Å². The number of carbonyl (C=O) groups excluding carboxylic acids is 1. The Morgan fingerprint density at radius 3 is 2.57 bits per heavy atom. The molecule has 0 spiro atoms. The van der Waals surface area contributed by atoms with Crippen LogP contribution in [0.5, 0.6) is 0 Å². The minimum Gasteiger partial charge on any atom is -0.325 e. The van der Waals surface area contributed by atoms with Crippen LogP contribution in [0, 0.1) is 6.92 Å². The molecule has 158 valence electrons. The SMILES string of the molecule is CCn1c(CS(=O)(=O)c2ccccc2)nnc1SCC(=O)Nc1ccc(C)c(Cl)c1. The Labute approximate surface area is 184 Å². The average molecular weight is 465 g/mol. The molecule has 0 aliphatic heterocycles. The zero-order chi connectivity index (χ0) is 21.7. The third-order valence-corrected chi connectivity index (χ3v) is 7.32. The smallest absolute Gasteiger partial charge is 0.234 e. The van der Waals surface area contributed by atoms with Gasteiger partial charge in [0, 0.05) is 17.3 Å². The number of halogens is 1. The Balaban J connectivity index is 1.67. The van der Waals surface area contributed by atoms with Crippen molar-refractivity contribution >= 4 is 44.8 Å². The third kappa shape index (κ3) is 5.41. The molecule has 1 aromatic heterocycles. The Morgan fingerprint density at radius 2 is 1.90 bits per heavy atom. The molecule has 30 heavy (non-hydrogen) atoms. The van der Waals surface area contributed by atoms with Crippen LogP contribution in [0.3, 0.4) is 0 Å². The van der Waals surface area contributed by atoms with Gasteiger partial charge in [-0.1, -0.05) is 47.6 Å². The number of hydrogen-bond donors (Lipinski definition) is 1. The van der Waals surface area contributed by atoms with Gasteiger partial charge in [0.1, 0.15) is 11.6 Å². The van der Waals surface area contributed by atoms with Crippen LogP contribution in [0.4, 0.5) is 5.69 Å². The molecule has 0 saturated carbocycles. The first kappa shape index (κ1) is 22.3. The van der Waals surface area contributed by atoms with Crippen LogP contribution < -0.4 is 5.32 Å². The van der Waals surface area contributed by atoms with E-state index in [2.05, 4.69) is 15.5 Å². The van der Waals surface area contributed by atoms with Gasteiger partial charge in [-0.2, -0.15) is 0 Å². The number of carbonyl (C=O) groups is 1. The lowest BCUT2D eigenvalue weighted by molar-refractivity contribution is -0.113. The first-order valence-corrected chi connectivity index (χ1v) is 12.2. The van der Waals surface area contributed by atoms with Crippen LogP contribution in [0.1, 0.15) is 18.3 Å². The van der Waals surface area contributed by atoms with E-state index in [9.17, 15) is 13.2 Å². The quantitative estimate of drug-likeness (QED) is 0.507. The second-order valence-corrected chi connectivity index (χ2v) is 9.86. The molecule has 0 unspecified atom stereocenters. The van der Waals surface area contributed by atoms with Crippen LogP contribution in [-0.4, -0.2) is 34.8 Å². The predicted octanol–water partition coefficient (Wildman–Crippen LogP) is 3.96. The highest BCUT2D eigenvalue weighted by Gasteiger charge is 2.21. The summed E-state index contributed by atoms with van der Waals surface area (Å²) in [5.74, 6) is -0.0275. The van der Waals surface area contributed by atoms with Crippen molar-refractivity contribution in [2.24, 2.45) is 0 Å². The highest BCUT2D eigenvalue weighted by atomic mass is 35.5. The van der Waals surface area contributed by atoms with Crippen molar-refractivity contribution in [3.63, 3.8) is 0 Å². The van der Waals surface area contributed by atoms with Gasteiger partial charge in [-0.3, -0.25) is 4.79 Å². The van der Waals surface area contributed by atoms with Crippen molar-refractivity contribution in [2.45, 2.75) is 36.2 Å². The maximum atomic E-state index is 12.6. The van der Waals surface area contributed by atoms with Gasteiger partial charge in [-0.05, 0) is 43.7 Å². The molecule has 1 heterocycles. The number of amides is 1. The molecule has 0 atom stereocenters. The summed E-state index contributed by atoms with van der Waals surface area (Å²) in [6.07, 6.45) is 0. The molecule has 1 amide bonds. The van der Waals surface area contributed by atoms with E-state index in [1.165, 1.54) is 11.8 Å². The molecular weight excluding hydrogens is 444 g/mol. The Kier molecular flexibility index (Phi) is 7.17. The molecule has 3 rings (SSSR count). The fraction of sp³-hybridized carbons (Fsp3) is 0.250. The van der Waals surface area contributed by atoms with Gasteiger partial charge in [0.2, 0.25) is 5.91 Å². The van der Waals surface area contributed by atoms with Crippen LogP contribution >= 0.6 is 23.4 Å². The number of nitrogens with zero attached hydrogens (tertiary/aromatic N) is 3. The van der Waals surface area contributed by atoms with Gasteiger partial charge in [-0.25, -0.2) is 8.42 Å². The molecule has 10 heteroatoms. The van der Waals surface area contributed by atoms with E-state index in [1.807, 2.05) is 19.9 Å². The summed E-state index contributed by atoms with van der Waals surface area (Å²) < 4.78 is 27.0. The average Bonchev–Trinajstić information content (AvgIpc) is 3.10. The lowest BCUT2D eigenvalue weighted by atomic mass is 10.2. The first-order valence-electron chi connectivity index (χ1n) is 9.19. The number of aromatic nitrogens is 3. The summed E-state index contributed by atoms with van der Waals surface area (Å²) in [5.41, 5.74) is 1.54. The monoisotopic (exact) mass is 464 g/mol. The van der Waals surface area contributed by atoms with Gasteiger partial charge in [0.05, 0.1) is 10.6 Å². The van der Waals surface area contributed by atoms with Gasteiger partial charge in [0.25, 0.3) is 0 Å². The van der Waals surface area contributed by atoms with E-state index in [0.717, 1.165) is 5.56 Å². The molecule has 7 nitrogen and oxygen atoms in total. The molecular formula is C20H21ClN4O3S2. The Hall–Kier alpha value is -2.36. The normalized spacial score (nSPS) is 11.4. The number of nitrogens with one attached hydrogen (secondary N) is 1. The fourth-order valence-corrected chi connectivity index (χ4v) is 5.02. The number of rotatable bonds is 8. The Bertz CT molecular complexity index is 1150. The van der Waals surface area contributed by atoms with Crippen LogP contribution in [0.2, 0.25) is 5.02 Å². The molecule has 2 aromatic carbocycles. The van der Waals surface area contributed by atoms with Crippen LogP contribution in [0.15, 0.2) is 58.6 Å². The number of hydrogen-bond acceptors (Lipinski definition) is 6. The molecule has 3 aromatic rings. The van der Waals surface area contributed by atoms with Crippen molar-refractivity contribution in [1.29, 1.82) is 0 Å². The van der Waals surface area contributed by atoms with Crippen molar-refractivity contribution in [3.8, 4) is 0 Å². The Morgan fingerprint density at radius 1 is 1.17 bits per heavy atom. The first-order chi connectivity index (χ1) is 14.3. The van der Waals surface area contributed by atoms with Crippen molar-refractivity contribution in [3.05, 3.63) is 64.9 Å². The third-order valence-electron chi connectivity index (χ3n) is 4.32. The number of anilines is 1. The maximum absolute atomic E-state index is 12.6. The fourth-order valence-electron chi connectivity index (χ4n) is 2.73. The zero-order valence-corrected chi connectivity index (χ0v) is 18.9. The second kappa shape index (κ2) is 9.63. The summed E-state index contributed by atoms with van der Waals surface area (Å²) in [6, 6.07) is 13.5. The van der Waals surface area contributed by atoms with Crippen molar-refractivity contribution in [2.75, 3.05) is 11.1 Å². The number of thioether (sulfide) groups is 1. The molecule has 0 aliphatic carbocycles. The summed E-state index contributed by atoms with van der Waals surface area (Å²) in [5, 5.41) is 12.0. The topological polar surface area (TPSA) is 93.9 Å². The van der Waals surface area contributed by atoms with Gasteiger partial charge in [-0.15, -0.1) is 10.2 Å². The lowest BCUT2D eigenvalue weighted by Crippen LogP contribution is -2.15. The minimum atomic E-state index is -3.54. The molecule has 0 saturated heterocycles. The van der Waals surface area contributed by atoms with Crippen LogP contribution in [0.25, 0.3) is 0 Å². The van der Waals surface area contributed by atoms with Gasteiger partial charge < -0.3 is 9.88 Å². The summed E-state index contributed by atoms with van der Waals surface area (Å²) in [4.78, 5) is 12.5. The minimum absolute atomic E-state index is 0.106. The van der Waals surface area contributed by atoms with Crippen molar-refractivity contribution in [1.82, 2.24) is 14.8 Å². The highest BCUT2D eigenvalue weighted by Crippen LogP contribution is 2.23. The van der Waals surface area contributed by atoms with Gasteiger partial charge >= 0.3 is 0 Å². The number of aryl methyl sites for hydroxylation is 1. The maximum Gasteiger partial charge on any atom is 0.234 e. The number of benzene rings is 2. The van der Waals surface area contributed by atoms with E-state index in [-0.39, 0.29) is 22.3 Å². The van der Waals surface area contributed by atoms with E-state index in [0.29, 0.717) is 28.2 Å². The predicted molar refractivity (Wildman–Crippen MR) is 119 cm³/mol. The second-order valence-electron chi connectivity index (χ2n) is 6.52. The standard InChI is InChI=1S/C20H21ClN4O3S2/c1-3-25-18(13-30(27,28)16-7-5-4-6-8-16)23-24-20(25)29-12-19(26)22-15-10-9-14(2)17(21)11-15/h4-11H,3,12-13H2,1-2H3,(H,22,26). The largest absolute Gasteiger partial charge is 0.325 e. The molecule has 0 radical (unpaired) electrons. The van der Waals surface area contributed by atoms with E-state index < -0.39 is 9.84 Å². The highest BCUT2D eigenvalue weighted by molar-refractivity contribution is 7.99. The van der Waals surface area contributed by atoms with Crippen LogP contribution in [-0.2, 0) is 26.9 Å². The van der Waals surface area contributed by atoms with Crippen molar-refractivity contribution < 1.29 is 13.2 Å². The number of sulfone groups is 1. The molecule has 0 fully saturated rings. The molecule has 0 bridgehead atoms. The van der Waals surface area contributed by atoms with E-state index >= 15 is 0 Å². The molecule has 1 N–H and O–H groups in total.